The zero-order valence-corrected chi connectivity index (χ0v) is 14.2. The van der Waals surface area contributed by atoms with Crippen molar-refractivity contribution in [2.24, 2.45) is 0 Å². The van der Waals surface area contributed by atoms with E-state index >= 15 is 0 Å². The van der Waals surface area contributed by atoms with E-state index in [4.69, 9.17) is 11.6 Å². The van der Waals surface area contributed by atoms with E-state index < -0.39 is 0 Å². The number of H-pyrrole nitrogens is 1. The second-order valence-corrected chi connectivity index (χ2v) is 5.92. The van der Waals surface area contributed by atoms with Crippen LogP contribution in [0.5, 0.6) is 0 Å². The van der Waals surface area contributed by atoms with Gasteiger partial charge >= 0.3 is 0 Å². The lowest BCUT2D eigenvalue weighted by atomic mass is 10.1. The Morgan fingerprint density at radius 1 is 0.960 bits per heavy atom. The third kappa shape index (κ3) is 3.89. The fourth-order valence-corrected chi connectivity index (χ4v) is 2.59. The number of aromatic nitrogens is 1. The second kappa shape index (κ2) is 7.23. The van der Waals surface area contributed by atoms with E-state index in [1.165, 1.54) is 12.3 Å². The Balaban J connectivity index is 1.80. The summed E-state index contributed by atoms with van der Waals surface area (Å²) in [6.45, 7) is 1.79. The molecule has 0 fully saturated rings. The zero-order valence-electron chi connectivity index (χ0n) is 13.5. The monoisotopic (exact) mass is 353 g/mol. The van der Waals surface area contributed by atoms with Crippen LogP contribution in [0.25, 0.3) is 0 Å². The van der Waals surface area contributed by atoms with Gasteiger partial charge in [0.15, 0.2) is 0 Å². The summed E-state index contributed by atoms with van der Waals surface area (Å²) in [5.41, 5.74) is 2.80. The Labute approximate surface area is 150 Å². The summed E-state index contributed by atoms with van der Waals surface area (Å²) in [6.07, 6.45) is 1.53. The molecule has 1 heterocycles. The number of anilines is 2. The summed E-state index contributed by atoms with van der Waals surface area (Å²) in [6, 6.07) is 15.9. The van der Waals surface area contributed by atoms with Gasteiger partial charge in [-0.05, 0) is 42.8 Å². The average Bonchev–Trinajstić information content (AvgIpc) is 3.04. The van der Waals surface area contributed by atoms with Crippen molar-refractivity contribution in [1.29, 1.82) is 0 Å². The van der Waals surface area contributed by atoms with E-state index in [0.717, 1.165) is 0 Å². The van der Waals surface area contributed by atoms with Gasteiger partial charge < -0.3 is 15.6 Å². The number of hydrogen-bond acceptors (Lipinski definition) is 2. The minimum absolute atomic E-state index is 0.234. The van der Waals surface area contributed by atoms with Gasteiger partial charge in [-0.15, -0.1) is 0 Å². The van der Waals surface area contributed by atoms with E-state index in [-0.39, 0.29) is 11.8 Å². The number of carbonyl (C=O) groups excluding carboxylic acids is 2. The largest absolute Gasteiger partial charge is 0.356 e. The first-order valence-electron chi connectivity index (χ1n) is 7.66. The Kier molecular flexibility index (Phi) is 4.86. The van der Waals surface area contributed by atoms with Crippen LogP contribution >= 0.6 is 11.6 Å². The SMILES string of the molecule is Cc1c(NC(=O)c2cc(Cl)c[nH]2)cccc1C(=O)Nc1ccccc1. The smallest absolute Gasteiger partial charge is 0.272 e. The first-order valence-corrected chi connectivity index (χ1v) is 8.03. The van der Waals surface area contributed by atoms with Crippen LogP contribution in [0.3, 0.4) is 0 Å². The van der Waals surface area contributed by atoms with Crippen molar-refractivity contribution < 1.29 is 9.59 Å². The molecule has 0 spiro atoms. The molecule has 0 unspecified atom stereocenters. The molecule has 2 aromatic carbocycles. The van der Waals surface area contributed by atoms with Crippen LogP contribution in [0.4, 0.5) is 11.4 Å². The number of halogens is 1. The number of rotatable bonds is 4. The number of amides is 2. The molecule has 0 bridgehead atoms. The maximum atomic E-state index is 12.5. The Bertz CT molecular complexity index is 919. The van der Waals surface area contributed by atoms with Crippen molar-refractivity contribution in [2.75, 3.05) is 10.6 Å². The summed E-state index contributed by atoms with van der Waals surface area (Å²) in [7, 11) is 0. The van der Waals surface area contributed by atoms with Gasteiger partial charge in [-0.3, -0.25) is 9.59 Å². The van der Waals surface area contributed by atoms with Crippen LogP contribution in [0.1, 0.15) is 26.4 Å². The normalized spacial score (nSPS) is 10.3. The van der Waals surface area contributed by atoms with Crippen molar-refractivity contribution in [2.45, 2.75) is 6.92 Å². The molecule has 0 radical (unpaired) electrons. The Morgan fingerprint density at radius 2 is 1.72 bits per heavy atom. The lowest BCUT2D eigenvalue weighted by molar-refractivity contribution is 0.101. The van der Waals surface area contributed by atoms with Crippen LogP contribution in [-0.2, 0) is 0 Å². The highest BCUT2D eigenvalue weighted by Crippen LogP contribution is 2.21. The molecule has 2 amide bonds. The van der Waals surface area contributed by atoms with Gasteiger partial charge in [-0.25, -0.2) is 0 Å². The molecule has 1 aromatic heterocycles. The number of para-hydroxylation sites is 1. The highest BCUT2D eigenvalue weighted by Gasteiger charge is 2.15. The number of aromatic amines is 1. The average molecular weight is 354 g/mol. The molecule has 3 aromatic rings. The van der Waals surface area contributed by atoms with Crippen LogP contribution in [0.15, 0.2) is 60.8 Å². The van der Waals surface area contributed by atoms with Gasteiger partial charge in [0.2, 0.25) is 0 Å². The Hall–Kier alpha value is -3.05. The third-order valence-electron chi connectivity index (χ3n) is 3.75. The third-order valence-corrected chi connectivity index (χ3v) is 3.97. The summed E-state index contributed by atoms with van der Waals surface area (Å²) in [4.78, 5) is 27.5. The topological polar surface area (TPSA) is 74.0 Å². The van der Waals surface area contributed by atoms with Gasteiger partial charge in [0.1, 0.15) is 5.69 Å². The fourth-order valence-electron chi connectivity index (χ4n) is 2.43. The predicted octanol–water partition coefficient (Wildman–Crippen LogP) is 4.48. The quantitative estimate of drug-likeness (QED) is 0.647. The molecule has 6 heteroatoms. The van der Waals surface area contributed by atoms with Crippen LogP contribution in [0, 0.1) is 6.92 Å². The molecule has 126 valence electrons. The number of nitrogens with one attached hydrogen (secondary N) is 3. The molecule has 0 saturated heterocycles. The van der Waals surface area contributed by atoms with Gasteiger partial charge in [-0.1, -0.05) is 35.9 Å². The molecule has 0 aliphatic carbocycles. The van der Waals surface area contributed by atoms with Gasteiger partial charge in [0, 0.05) is 23.1 Å². The zero-order chi connectivity index (χ0) is 17.8. The molecular weight excluding hydrogens is 338 g/mol. The van der Waals surface area contributed by atoms with E-state index in [2.05, 4.69) is 15.6 Å². The maximum Gasteiger partial charge on any atom is 0.272 e. The Morgan fingerprint density at radius 3 is 2.40 bits per heavy atom. The molecule has 3 rings (SSSR count). The first kappa shape index (κ1) is 16.8. The minimum atomic E-state index is -0.324. The fraction of sp³-hybridized carbons (Fsp3) is 0.0526. The first-order chi connectivity index (χ1) is 12.0. The van der Waals surface area contributed by atoms with Crippen LogP contribution in [-0.4, -0.2) is 16.8 Å². The number of benzene rings is 2. The van der Waals surface area contributed by atoms with Gasteiger partial charge in [0.05, 0.1) is 5.02 Å². The van der Waals surface area contributed by atoms with Crippen molar-refractivity contribution in [3.05, 3.63) is 82.6 Å². The van der Waals surface area contributed by atoms with E-state index in [1.54, 1.807) is 25.1 Å². The standard InChI is InChI=1S/C19H16ClN3O2/c1-12-15(18(24)22-14-6-3-2-4-7-14)8-5-9-16(12)23-19(25)17-10-13(20)11-21-17/h2-11,21H,1H3,(H,22,24)(H,23,25). The molecule has 25 heavy (non-hydrogen) atoms. The molecule has 5 nitrogen and oxygen atoms in total. The minimum Gasteiger partial charge on any atom is -0.356 e. The molecule has 0 saturated carbocycles. The second-order valence-electron chi connectivity index (χ2n) is 5.48. The molecule has 3 N–H and O–H groups in total. The maximum absolute atomic E-state index is 12.5. The summed E-state index contributed by atoms with van der Waals surface area (Å²) in [5, 5.41) is 6.09. The van der Waals surface area contributed by atoms with Crippen molar-refractivity contribution in [3.8, 4) is 0 Å². The van der Waals surface area contributed by atoms with Crippen LogP contribution < -0.4 is 10.6 Å². The predicted molar refractivity (Wildman–Crippen MR) is 99.3 cm³/mol. The van der Waals surface area contributed by atoms with Gasteiger partial charge in [0.25, 0.3) is 11.8 Å². The highest BCUT2D eigenvalue weighted by atomic mass is 35.5. The van der Waals surface area contributed by atoms with E-state index in [9.17, 15) is 9.59 Å². The van der Waals surface area contributed by atoms with E-state index in [0.29, 0.717) is 33.2 Å². The summed E-state index contributed by atoms with van der Waals surface area (Å²) >= 11 is 5.82. The molecule has 0 aliphatic heterocycles. The van der Waals surface area contributed by atoms with Crippen molar-refractivity contribution >= 4 is 34.8 Å². The highest BCUT2D eigenvalue weighted by molar-refractivity contribution is 6.31. The number of carbonyl (C=O) groups is 2. The number of hydrogen-bond donors (Lipinski definition) is 3. The molecule has 0 aliphatic rings. The summed E-state index contributed by atoms with van der Waals surface area (Å²) in [5.74, 6) is -0.557. The summed E-state index contributed by atoms with van der Waals surface area (Å²) < 4.78 is 0. The lowest BCUT2D eigenvalue weighted by Crippen LogP contribution is -2.17. The van der Waals surface area contributed by atoms with E-state index in [1.807, 2.05) is 30.3 Å². The molecular formula is C19H16ClN3O2. The lowest BCUT2D eigenvalue weighted by Gasteiger charge is -2.12. The van der Waals surface area contributed by atoms with Crippen molar-refractivity contribution in [3.63, 3.8) is 0 Å². The molecule has 0 atom stereocenters. The van der Waals surface area contributed by atoms with Crippen molar-refractivity contribution in [1.82, 2.24) is 4.98 Å². The van der Waals surface area contributed by atoms with Crippen LogP contribution in [0.2, 0.25) is 5.02 Å². The van der Waals surface area contributed by atoms with Gasteiger partial charge in [-0.2, -0.15) is 0 Å².